The van der Waals surface area contributed by atoms with Crippen molar-refractivity contribution in [1.82, 2.24) is 5.43 Å². The van der Waals surface area contributed by atoms with E-state index in [4.69, 9.17) is 5.41 Å². The minimum atomic E-state index is -0.258. The van der Waals surface area contributed by atoms with Crippen molar-refractivity contribution in [3.63, 3.8) is 0 Å². The van der Waals surface area contributed by atoms with Gasteiger partial charge in [-0.3, -0.25) is 0 Å². The molecule has 0 radical (unpaired) electrons. The molecule has 0 aliphatic rings. The fraction of sp³-hybridized carbons (Fsp3) is 0.308. The largest absolute Gasteiger partial charge is 0.305 e. The molecule has 0 amide bonds. The Kier molecular flexibility index (Phi) is 4.69. The molecule has 1 aromatic rings. The maximum absolute atomic E-state index is 12.7. The maximum Gasteiger partial charge on any atom is 0.123 e. The van der Waals surface area contributed by atoms with E-state index >= 15 is 0 Å². The topological polar surface area (TPSA) is 47.9 Å². The molecule has 1 aromatic carbocycles. The third kappa shape index (κ3) is 3.90. The quantitative estimate of drug-likeness (QED) is 0.540. The Morgan fingerprint density at radius 3 is 2.35 bits per heavy atom. The molecule has 0 aliphatic heterocycles. The summed E-state index contributed by atoms with van der Waals surface area (Å²) in [5.74, 6) is -0.258. The Bertz CT molecular complexity index is 421. The zero-order chi connectivity index (χ0) is 12.8. The van der Waals surface area contributed by atoms with E-state index in [0.29, 0.717) is 12.1 Å². The van der Waals surface area contributed by atoms with E-state index in [1.165, 1.54) is 12.1 Å². The lowest BCUT2D eigenvalue weighted by Crippen LogP contribution is -2.21. The smallest absolute Gasteiger partial charge is 0.123 e. The van der Waals surface area contributed by atoms with Crippen LogP contribution in [0, 0.1) is 11.2 Å². The third-order valence-electron chi connectivity index (χ3n) is 2.61. The van der Waals surface area contributed by atoms with Gasteiger partial charge in [-0.2, -0.15) is 0 Å². The summed E-state index contributed by atoms with van der Waals surface area (Å²) in [5.41, 5.74) is 9.16. The number of hydrogen-bond acceptors (Lipinski definition) is 3. The predicted octanol–water partition coefficient (Wildman–Crippen LogP) is 3.47. The lowest BCUT2D eigenvalue weighted by molar-refractivity contribution is 0.628. The van der Waals surface area contributed by atoms with E-state index < -0.39 is 0 Å². The zero-order valence-electron chi connectivity index (χ0n) is 10.4. The van der Waals surface area contributed by atoms with Crippen molar-refractivity contribution in [3.05, 3.63) is 41.4 Å². The van der Waals surface area contributed by atoms with E-state index in [1.54, 1.807) is 12.1 Å². The van der Waals surface area contributed by atoms with Crippen molar-refractivity contribution in [2.45, 2.75) is 27.2 Å². The molecule has 4 heteroatoms. The molecule has 0 aliphatic carbocycles. The highest BCUT2D eigenvalue weighted by Crippen LogP contribution is 2.09. The summed E-state index contributed by atoms with van der Waals surface area (Å²) >= 11 is 0. The van der Waals surface area contributed by atoms with Crippen LogP contribution in [0.2, 0.25) is 0 Å². The minimum absolute atomic E-state index is 0.258. The van der Waals surface area contributed by atoms with Crippen LogP contribution in [0.3, 0.4) is 0 Å². The Hall–Kier alpha value is -1.84. The molecule has 3 N–H and O–H groups in total. The van der Waals surface area contributed by atoms with E-state index in [-0.39, 0.29) is 5.82 Å². The molecule has 0 saturated carbocycles. The van der Waals surface area contributed by atoms with Crippen molar-refractivity contribution in [3.8, 4) is 0 Å². The van der Waals surface area contributed by atoms with Gasteiger partial charge < -0.3 is 16.3 Å². The van der Waals surface area contributed by atoms with Gasteiger partial charge in [0.25, 0.3) is 0 Å². The Morgan fingerprint density at radius 1 is 1.24 bits per heavy atom. The number of hydrazine groups is 1. The first-order valence-electron chi connectivity index (χ1n) is 5.57. The molecule has 0 unspecified atom stereocenters. The van der Waals surface area contributed by atoms with E-state index in [2.05, 4.69) is 10.9 Å². The second-order valence-electron chi connectivity index (χ2n) is 3.84. The van der Waals surface area contributed by atoms with Gasteiger partial charge in [-0.25, -0.2) is 4.39 Å². The van der Waals surface area contributed by atoms with Gasteiger partial charge in [0, 0.05) is 11.4 Å². The number of benzene rings is 1. The van der Waals surface area contributed by atoms with Gasteiger partial charge in [-0.1, -0.05) is 6.92 Å². The van der Waals surface area contributed by atoms with E-state index in [9.17, 15) is 4.39 Å². The van der Waals surface area contributed by atoms with Crippen LogP contribution >= 0.6 is 0 Å². The molecular formula is C13H18FN3. The Morgan fingerprint density at radius 2 is 1.82 bits per heavy atom. The fourth-order valence-corrected chi connectivity index (χ4v) is 1.28. The normalized spacial score (nSPS) is 11.8. The van der Waals surface area contributed by atoms with Crippen LogP contribution in [0.4, 0.5) is 10.1 Å². The number of anilines is 1. The Balaban J connectivity index is 2.61. The van der Waals surface area contributed by atoms with Gasteiger partial charge in [0.1, 0.15) is 5.82 Å². The highest BCUT2D eigenvalue weighted by molar-refractivity contribution is 5.97. The molecule has 92 valence electrons. The van der Waals surface area contributed by atoms with Gasteiger partial charge in [0.2, 0.25) is 0 Å². The molecule has 17 heavy (non-hydrogen) atoms. The first-order chi connectivity index (χ1) is 8.04. The molecule has 0 atom stereocenters. The van der Waals surface area contributed by atoms with Crippen molar-refractivity contribution in [2.24, 2.45) is 0 Å². The Labute approximate surface area is 101 Å². The molecule has 1 rings (SSSR count). The molecular weight excluding hydrogens is 217 g/mol. The van der Waals surface area contributed by atoms with Gasteiger partial charge >= 0.3 is 0 Å². The average molecular weight is 235 g/mol. The second kappa shape index (κ2) is 6.03. The van der Waals surface area contributed by atoms with E-state index in [1.807, 2.05) is 20.8 Å². The lowest BCUT2D eigenvalue weighted by atomic mass is 10.1. The lowest BCUT2D eigenvalue weighted by Gasteiger charge is -2.13. The van der Waals surface area contributed by atoms with Crippen LogP contribution in [0.25, 0.3) is 0 Å². The van der Waals surface area contributed by atoms with Crippen molar-refractivity contribution >= 4 is 11.4 Å². The number of rotatable bonds is 5. The van der Waals surface area contributed by atoms with Crippen LogP contribution in [0.15, 0.2) is 35.5 Å². The number of allylic oxidation sites excluding steroid dienone is 2. The summed E-state index contributed by atoms with van der Waals surface area (Å²) in [7, 11) is 0. The van der Waals surface area contributed by atoms with Gasteiger partial charge in [-0.15, -0.1) is 0 Å². The molecule has 0 spiro atoms. The number of halogens is 1. The molecule has 0 aromatic heterocycles. The molecule has 0 saturated heterocycles. The summed E-state index contributed by atoms with van der Waals surface area (Å²) in [4.78, 5) is 0. The zero-order valence-corrected chi connectivity index (χ0v) is 10.4. The van der Waals surface area contributed by atoms with Crippen molar-refractivity contribution in [1.29, 1.82) is 5.41 Å². The van der Waals surface area contributed by atoms with Crippen LogP contribution in [-0.2, 0) is 0 Å². The standard InChI is InChI=1S/C13H18FN3/c1-4-13(15)9(2)10(3)16-17-12-7-5-11(14)6-8-12/h5-8,15-17H,4H2,1-3H3. The highest BCUT2D eigenvalue weighted by atomic mass is 19.1. The fourth-order valence-electron chi connectivity index (χ4n) is 1.28. The molecule has 3 nitrogen and oxygen atoms in total. The van der Waals surface area contributed by atoms with E-state index in [0.717, 1.165) is 17.0 Å². The highest BCUT2D eigenvalue weighted by Gasteiger charge is 2.01. The molecule has 0 bridgehead atoms. The van der Waals surface area contributed by atoms with Crippen molar-refractivity contribution in [2.75, 3.05) is 5.43 Å². The summed E-state index contributed by atoms with van der Waals surface area (Å²) in [6, 6.07) is 6.08. The SMILES string of the molecule is CCC(=N)C(C)=C(C)NNc1ccc(F)cc1. The number of nitrogens with one attached hydrogen (secondary N) is 3. The maximum atomic E-state index is 12.7. The predicted molar refractivity (Wildman–Crippen MR) is 69.6 cm³/mol. The average Bonchev–Trinajstić information content (AvgIpc) is 2.35. The summed E-state index contributed by atoms with van der Waals surface area (Å²) in [6.07, 6.45) is 0.710. The van der Waals surface area contributed by atoms with Crippen LogP contribution in [0.1, 0.15) is 27.2 Å². The first-order valence-corrected chi connectivity index (χ1v) is 5.57. The minimum Gasteiger partial charge on any atom is -0.305 e. The van der Waals surface area contributed by atoms with Gasteiger partial charge in [-0.05, 0) is 50.1 Å². The van der Waals surface area contributed by atoms with Crippen LogP contribution in [0.5, 0.6) is 0 Å². The third-order valence-corrected chi connectivity index (χ3v) is 2.61. The molecule has 0 fully saturated rings. The van der Waals surface area contributed by atoms with Crippen LogP contribution < -0.4 is 10.9 Å². The monoisotopic (exact) mass is 235 g/mol. The van der Waals surface area contributed by atoms with Crippen LogP contribution in [-0.4, -0.2) is 5.71 Å². The summed E-state index contributed by atoms with van der Waals surface area (Å²) < 4.78 is 12.7. The van der Waals surface area contributed by atoms with Gasteiger partial charge in [0.05, 0.1) is 5.69 Å². The second-order valence-corrected chi connectivity index (χ2v) is 3.84. The summed E-state index contributed by atoms with van der Waals surface area (Å²) in [5, 5.41) is 7.71. The first kappa shape index (κ1) is 13.2. The number of hydrogen-bond donors (Lipinski definition) is 3. The van der Waals surface area contributed by atoms with Crippen molar-refractivity contribution < 1.29 is 4.39 Å². The van der Waals surface area contributed by atoms with Gasteiger partial charge in [0.15, 0.2) is 0 Å². The summed E-state index contributed by atoms with van der Waals surface area (Å²) in [6.45, 7) is 5.75. The molecule has 0 heterocycles.